The predicted molar refractivity (Wildman–Crippen MR) is 357 cm³/mol. The Kier molecular flexibility index (Phi) is 64.4. The third kappa shape index (κ3) is 65.8. The average molecular weight is 1130 g/mol. The van der Waals surface area contributed by atoms with Gasteiger partial charge in [0.05, 0.1) is 0 Å². The summed E-state index contributed by atoms with van der Waals surface area (Å²) in [6.45, 7) is 6.36. The Labute approximate surface area is 505 Å². The lowest BCUT2D eigenvalue weighted by Gasteiger charge is -2.18. The maximum absolute atomic E-state index is 12.9. The quantitative estimate of drug-likeness (QED) is 0.0261. The highest BCUT2D eigenvalue weighted by atomic mass is 16.6. The molecule has 6 nitrogen and oxygen atoms in total. The van der Waals surface area contributed by atoms with E-state index in [9.17, 15) is 14.4 Å². The molecule has 0 aliphatic rings. The van der Waals surface area contributed by atoms with E-state index in [1.807, 2.05) is 0 Å². The Morgan fingerprint density at radius 2 is 0.488 bits per heavy atom. The number of allylic oxidation sites excluding steroid dienone is 26. The van der Waals surface area contributed by atoms with Gasteiger partial charge in [0.1, 0.15) is 13.2 Å². The van der Waals surface area contributed by atoms with Crippen molar-refractivity contribution in [1.82, 2.24) is 0 Å². The molecule has 0 aliphatic heterocycles. The Hall–Kier alpha value is -4.97. The van der Waals surface area contributed by atoms with Crippen LogP contribution in [0.5, 0.6) is 0 Å². The lowest BCUT2D eigenvalue weighted by Crippen LogP contribution is -2.30. The summed E-state index contributed by atoms with van der Waals surface area (Å²) in [5.74, 6) is -0.993. The minimum absolute atomic E-state index is 0.113. The smallest absolute Gasteiger partial charge is 0.306 e. The van der Waals surface area contributed by atoms with Crippen molar-refractivity contribution in [3.63, 3.8) is 0 Å². The van der Waals surface area contributed by atoms with Gasteiger partial charge in [0.15, 0.2) is 6.10 Å². The lowest BCUT2D eigenvalue weighted by molar-refractivity contribution is -0.167. The van der Waals surface area contributed by atoms with Gasteiger partial charge in [-0.3, -0.25) is 14.4 Å². The van der Waals surface area contributed by atoms with Crippen molar-refractivity contribution < 1.29 is 28.6 Å². The van der Waals surface area contributed by atoms with E-state index in [1.165, 1.54) is 96.3 Å². The molecule has 0 heterocycles. The van der Waals surface area contributed by atoms with E-state index in [0.717, 1.165) is 141 Å². The number of hydrogen-bond donors (Lipinski definition) is 0. The fourth-order valence-electron chi connectivity index (χ4n) is 8.85. The number of carbonyl (C=O) groups is 3. The van der Waals surface area contributed by atoms with Gasteiger partial charge in [0.25, 0.3) is 0 Å². The van der Waals surface area contributed by atoms with E-state index in [2.05, 4.69) is 179 Å². The number of hydrogen-bond acceptors (Lipinski definition) is 6. The standard InChI is InChI=1S/C76H122O6/c1-4-7-10-13-16-19-22-25-28-31-33-34-35-36-37-38-39-40-41-42-43-46-48-51-54-57-60-63-66-69-75(78)81-72-73(71-80-74(77)68-65-62-59-56-53-50-47-44-30-27-24-21-18-15-12-9-6-3)82-76(79)70-67-64-61-58-55-52-49-45-32-29-26-23-20-17-14-11-8-5-2/h7,9-10,12,16,18-19,21,25,27-28,30,33-34,36-37,39-40,42-43,47-48,50-51,56,59,73H,4-6,8,11,13-15,17,20,22-24,26,29,31-32,35,38,41,44-46,49,52-55,57-58,60-72H2,1-3H3/b10-7-,12-9-,19-16-,21-18-,28-25-,30-27-,34-33-,37-36-,40-39-,43-42-,50-47-,51-48-,59-56-. The third-order valence-electron chi connectivity index (χ3n) is 13.8. The minimum Gasteiger partial charge on any atom is -0.462 e. The fraction of sp³-hybridized carbons (Fsp3) is 0.618. The largest absolute Gasteiger partial charge is 0.462 e. The Balaban J connectivity index is 4.48. The number of unbranched alkanes of at least 4 members (excludes halogenated alkanes) is 22. The molecule has 1 atom stereocenters. The molecule has 0 saturated heterocycles. The van der Waals surface area contributed by atoms with E-state index in [1.54, 1.807) is 0 Å². The highest BCUT2D eigenvalue weighted by Gasteiger charge is 2.19. The van der Waals surface area contributed by atoms with Crippen molar-refractivity contribution in [3.8, 4) is 0 Å². The van der Waals surface area contributed by atoms with Crippen LogP contribution in [0.25, 0.3) is 0 Å². The second kappa shape index (κ2) is 68.5. The highest BCUT2D eigenvalue weighted by molar-refractivity contribution is 5.71. The number of ether oxygens (including phenoxy) is 3. The molecule has 1 unspecified atom stereocenters. The van der Waals surface area contributed by atoms with Crippen LogP contribution in [0.1, 0.15) is 284 Å². The number of esters is 3. The molecule has 0 radical (unpaired) electrons. The summed E-state index contributed by atoms with van der Waals surface area (Å²) in [6.07, 6.45) is 99.7. The Bertz CT molecular complexity index is 1830. The summed E-state index contributed by atoms with van der Waals surface area (Å²) in [7, 11) is 0. The molecule has 0 bridgehead atoms. The summed E-state index contributed by atoms with van der Waals surface area (Å²) >= 11 is 0. The summed E-state index contributed by atoms with van der Waals surface area (Å²) < 4.78 is 16.9. The van der Waals surface area contributed by atoms with Crippen LogP contribution in [0.15, 0.2) is 158 Å². The van der Waals surface area contributed by atoms with Crippen molar-refractivity contribution in [2.45, 2.75) is 290 Å². The molecule has 0 rings (SSSR count). The van der Waals surface area contributed by atoms with Crippen LogP contribution in [-0.2, 0) is 28.6 Å². The summed E-state index contributed by atoms with van der Waals surface area (Å²) in [5, 5.41) is 0. The second-order valence-corrected chi connectivity index (χ2v) is 21.6. The molecule has 6 heteroatoms. The lowest BCUT2D eigenvalue weighted by atomic mass is 10.0. The molecular formula is C76H122O6. The number of rotatable bonds is 59. The zero-order chi connectivity index (χ0) is 59.2. The molecule has 0 fully saturated rings. The summed E-state index contributed by atoms with van der Waals surface area (Å²) in [4.78, 5) is 38.4. The maximum Gasteiger partial charge on any atom is 0.306 e. The van der Waals surface area contributed by atoms with Crippen molar-refractivity contribution in [2.75, 3.05) is 13.2 Å². The maximum atomic E-state index is 12.9. The minimum atomic E-state index is -0.819. The van der Waals surface area contributed by atoms with Crippen molar-refractivity contribution >= 4 is 17.9 Å². The first-order valence-corrected chi connectivity index (χ1v) is 33.5. The van der Waals surface area contributed by atoms with Crippen molar-refractivity contribution in [2.24, 2.45) is 0 Å². The number of carbonyl (C=O) groups excluding carboxylic acids is 3. The van der Waals surface area contributed by atoms with Gasteiger partial charge in [-0.25, -0.2) is 0 Å². The van der Waals surface area contributed by atoms with E-state index >= 15 is 0 Å². The van der Waals surface area contributed by atoms with Crippen LogP contribution in [0.3, 0.4) is 0 Å². The van der Waals surface area contributed by atoms with Crippen LogP contribution in [0.4, 0.5) is 0 Å². The van der Waals surface area contributed by atoms with Gasteiger partial charge in [-0.05, 0) is 122 Å². The third-order valence-corrected chi connectivity index (χ3v) is 13.8. The zero-order valence-corrected chi connectivity index (χ0v) is 52.9. The van der Waals surface area contributed by atoms with E-state index in [0.29, 0.717) is 19.3 Å². The molecule has 0 spiro atoms. The molecule has 0 saturated carbocycles. The topological polar surface area (TPSA) is 78.9 Å². The van der Waals surface area contributed by atoms with Crippen LogP contribution in [-0.4, -0.2) is 37.2 Å². The molecule has 0 aromatic rings. The first kappa shape index (κ1) is 77.0. The highest BCUT2D eigenvalue weighted by Crippen LogP contribution is 2.16. The van der Waals surface area contributed by atoms with Gasteiger partial charge >= 0.3 is 17.9 Å². The van der Waals surface area contributed by atoms with Crippen molar-refractivity contribution in [1.29, 1.82) is 0 Å². The van der Waals surface area contributed by atoms with Crippen LogP contribution in [0, 0.1) is 0 Å². The molecule has 0 amide bonds. The van der Waals surface area contributed by atoms with E-state index < -0.39 is 6.10 Å². The summed E-state index contributed by atoms with van der Waals surface area (Å²) in [6, 6.07) is 0. The molecular weight excluding hydrogens is 1010 g/mol. The van der Waals surface area contributed by atoms with E-state index in [-0.39, 0.29) is 37.5 Å². The Morgan fingerprint density at radius 1 is 0.256 bits per heavy atom. The Morgan fingerprint density at radius 3 is 0.793 bits per heavy atom. The van der Waals surface area contributed by atoms with Crippen LogP contribution in [0.2, 0.25) is 0 Å². The van der Waals surface area contributed by atoms with Crippen molar-refractivity contribution in [3.05, 3.63) is 158 Å². The first-order valence-electron chi connectivity index (χ1n) is 33.5. The predicted octanol–water partition coefficient (Wildman–Crippen LogP) is 23.3. The van der Waals surface area contributed by atoms with Gasteiger partial charge in [-0.15, -0.1) is 0 Å². The molecule has 0 N–H and O–H groups in total. The summed E-state index contributed by atoms with van der Waals surface area (Å²) in [5.41, 5.74) is 0. The average Bonchev–Trinajstić information content (AvgIpc) is 3.47. The van der Waals surface area contributed by atoms with E-state index in [4.69, 9.17) is 14.2 Å². The first-order chi connectivity index (χ1) is 40.5. The molecule has 0 aromatic carbocycles. The van der Waals surface area contributed by atoms with Gasteiger partial charge in [-0.2, -0.15) is 0 Å². The van der Waals surface area contributed by atoms with Gasteiger partial charge in [0.2, 0.25) is 0 Å². The van der Waals surface area contributed by atoms with Gasteiger partial charge in [-0.1, -0.05) is 301 Å². The van der Waals surface area contributed by atoms with Gasteiger partial charge in [0, 0.05) is 19.3 Å². The van der Waals surface area contributed by atoms with Crippen LogP contribution >= 0.6 is 0 Å². The van der Waals surface area contributed by atoms with Crippen LogP contribution < -0.4 is 0 Å². The zero-order valence-electron chi connectivity index (χ0n) is 52.9. The molecule has 0 aromatic heterocycles. The monoisotopic (exact) mass is 1130 g/mol. The second-order valence-electron chi connectivity index (χ2n) is 21.6. The molecule has 0 aliphatic carbocycles. The normalized spacial score (nSPS) is 13.2. The molecule has 462 valence electrons. The molecule has 82 heavy (non-hydrogen) atoms. The SMILES string of the molecule is CC/C=C\C/C=C\C/C=C\C/C=C\C/C=C\C/C=C\C/C=C\C/C=C\CCCCCCC(=O)OCC(COC(=O)CCC/C=C\C/C=C\C/C=C\C/C=C\C/C=C\CC)OC(=O)CCCCCCCCCCCCCCCCCCCC. The fourth-order valence-corrected chi connectivity index (χ4v) is 8.85. The van der Waals surface area contributed by atoms with Gasteiger partial charge < -0.3 is 14.2 Å².